The lowest BCUT2D eigenvalue weighted by molar-refractivity contribution is 0.474. The first-order chi connectivity index (χ1) is 11.8. The van der Waals surface area contributed by atoms with Gasteiger partial charge in [0.15, 0.2) is 0 Å². The van der Waals surface area contributed by atoms with Gasteiger partial charge in [-0.3, -0.25) is 4.98 Å². The average Bonchev–Trinajstić information content (AvgIpc) is 3.10. The Kier molecular flexibility index (Phi) is 4.10. The van der Waals surface area contributed by atoms with Gasteiger partial charge in [-0.15, -0.1) is 10.2 Å². The van der Waals surface area contributed by atoms with E-state index < -0.39 is 0 Å². The van der Waals surface area contributed by atoms with E-state index in [0.717, 1.165) is 54.2 Å². The lowest BCUT2D eigenvalue weighted by Gasteiger charge is -2.34. The van der Waals surface area contributed by atoms with E-state index in [9.17, 15) is 0 Å². The van der Waals surface area contributed by atoms with E-state index >= 15 is 0 Å². The summed E-state index contributed by atoms with van der Waals surface area (Å²) in [7, 11) is 0. The molecule has 0 N–H and O–H groups in total. The molecule has 0 aliphatic carbocycles. The second-order valence-electron chi connectivity index (χ2n) is 6.25. The van der Waals surface area contributed by atoms with Gasteiger partial charge in [0.25, 0.3) is 0 Å². The van der Waals surface area contributed by atoms with Crippen LogP contribution in [0, 0.1) is 0 Å². The fraction of sp³-hybridized carbons (Fsp3) is 0.389. The summed E-state index contributed by atoms with van der Waals surface area (Å²) >= 11 is 6.11. The molecule has 5 nitrogen and oxygen atoms in total. The van der Waals surface area contributed by atoms with Gasteiger partial charge in [-0.2, -0.15) is 0 Å². The molecule has 0 amide bonds. The number of hydrogen-bond acceptors (Lipinski definition) is 4. The van der Waals surface area contributed by atoms with E-state index in [1.807, 2.05) is 24.7 Å². The van der Waals surface area contributed by atoms with Gasteiger partial charge < -0.3 is 9.47 Å². The molecule has 1 saturated heterocycles. The summed E-state index contributed by atoms with van der Waals surface area (Å²) in [6.07, 6.45) is 6.01. The fourth-order valence-corrected chi connectivity index (χ4v) is 3.78. The number of halogens is 1. The first kappa shape index (κ1) is 15.4. The van der Waals surface area contributed by atoms with E-state index in [2.05, 4.69) is 43.7 Å². The van der Waals surface area contributed by atoms with Crippen molar-refractivity contribution in [2.45, 2.75) is 32.2 Å². The molecule has 24 heavy (non-hydrogen) atoms. The zero-order chi connectivity index (χ0) is 16.5. The number of hydrogen-bond donors (Lipinski definition) is 0. The zero-order valence-corrected chi connectivity index (χ0v) is 14.4. The van der Waals surface area contributed by atoms with Gasteiger partial charge in [-0.1, -0.05) is 11.6 Å². The molecule has 1 aliphatic rings. The SMILES string of the molecule is CCn1cnnc1[C@@H]1CCCN(c2ccnc3cc(Cl)ccc23)C1. The molecule has 1 fully saturated rings. The van der Waals surface area contributed by atoms with Crippen LogP contribution in [0.15, 0.2) is 36.8 Å². The van der Waals surface area contributed by atoms with Crippen LogP contribution in [0.25, 0.3) is 10.9 Å². The van der Waals surface area contributed by atoms with Crippen LogP contribution in [0.5, 0.6) is 0 Å². The Labute approximate surface area is 146 Å². The predicted octanol–water partition coefficient (Wildman–Crippen LogP) is 3.88. The maximum atomic E-state index is 6.11. The predicted molar refractivity (Wildman–Crippen MR) is 96.6 cm³/mol. The van der Waals surface area contributed by atoms with Crippen LogP contribution >= 0.6 is 11.6 Å². The van der Waals surface area contributed by atoms with E-state index in [0.29, 0.717) is 5.92 Å². The van der Waals surface area contributed by atoms with Crippen molar-refractivity contribution in [2.75, 3.05) is 18.0 Å². The molecule has 0 spiro atoms. The van der Waals surface area contributed by atoms with Crippen molar-refractivity contribution < 1.29 is 0 Å². The summed E-state index contributed by atoms with van der Waals surface area (Å²) < 4.78 is 2.15. The molecule has 1 atom stereocenters. The van der Waals surface area contributed by atoms with Crippen molar-refractivity contribution in [3.63, 3.8) is 0 Å². The quantitative estimate of drug-likeness (QED) is 0.725. The highest BCUT2D eigenvalue weighted by Gasteiger charge is 2.26. The van der Waals surface area contributed by atoms with Crippen LogP contribution in [0.3, 0.4) is 0 Å². The Bertz CT molecular complexity index is 859. The maximum Gasteiger partial charge on any atom is 0.137 e. The van der Waals surface area contributed by atoms with Crippen molar-refractivity contribution in [3.8, 4) is 0 Å². The Morgan fingerprint density at radius 1 is 1.29 bits per heavy atom. The highest BCUT2D eigenvalue weighted by Crippen LogP contribution is 2.33. The molecule has 6 heteroatoms. The van der Waals surface area contributed by atoms with Gasteiger partial charge in [0.05, 0.1) is 5.52 Å². The number of anilines is 1. The van der Waals surface area contributed by atoms with Gasteiger partial charge in [-0.05, 0) is 44.0 Å². The van der Waals surface area contributed by atoms with E-state index in [1.54, 1.807) is 0 Å². The molecule has 3 heterocycles. The van der Waals surface area contributed by atoms with Crippen LogP contribution in [0.2, 0.25) is 5.02 Å². The summed E-state index contributed by atoms with van der Waals surface area (Å²) in [5, 5.41) is 10.3. The zero-order valence-electron chi connectivity index (χ0n) is 13.7. The Morgan fingerprint density at radius 3 is 3.08 bits per heavy atom. The second kappa shape index (κ2) is 6.40. The Hall–Kier alpha value is -2.14. The van der Waals surface area contributed by atoms with Crippen LogP contribution in [-0.2, 0) is 6.54 Å². The number of aromatic nitrogens is 4. The third kappa shape index (κ3) is 2.73. The molecule has 0 saturated carbocycles. The minimum atomic E-state index is 0.414. The van der Waals surface area contributed by atoms with Crippen LogP contribution in [0.1, 0.15) is 31.5 Å². The summed E-state index contributed by atoms with van der Waals surface area (Å²) in [4.78, 5) is 6.90. The van der Waals surface area contributed by atoms with Crippen LogP contribution < -0.4 is 4.90 Å². The number of nitrogens with zero attached hydrogens (tertiary/aromatic N) is 5. The van der Waals surface area contributed by atoms with Crippen molar-refractivity contribution >= 4 is 28.2 Å². The molecule has 3 aromatic rings. The van der Waals surface area contributed by atoms with Gasteiger partial charge in [0.1, 0.15) is 12.2 Å². The number of pyridine rings is 1. The third-order valence-electron chi connectivity index (χ3n) is 4.80. The molecule has 0 unspecified atom stereocenters. The van der Waals surface area contributed by atoms with Crippen molar-refractivity contribution in [1.29, 1.82) is 0 Å². The standard InChI is InChI=1S/C18H20ClN5/c1-2-23-12-21-22-18(23)13-4-3-9-24(11-13)17-7-8-20-16-10-14(19)5-6-15(16)17/h5-8,10,12-13H,2-4,9,11H2,1H3/t13-/m1/s1. The van der Waals surface area contributed by atoms with E-state index in [1.165, 1.54) is 5.69 Å². The highest BCUT2D eigenvalue weighted by atomic mass is 35.5. The van der Waals surface area contributed by atoms with Gasteiger partial charge in [0, 0.05) is 47.8 Å². The number of fused-ring (bicyclic) bond motifs is 1. The maximum absolute atomic E-state index is 6.11. The first-order valence-electron chi connectivity index (χ1n) is 8.43. The number of aryl methyl sites for hydroxylation is 1. The van der Waals surface area contributed by atoms with Gasteiger partial charge >= 0.3 is 0 Å². The minimum Gasteiger partial charge on any atom is -0.370 e. The smallest absolute Gasteiger partial charge is 0.137 e. The molecule has 2 aromatic heterocycles. The van der Waals surface area contributed by atoms with Gasteiger partial charge in [-0.25, -0.2) is 0 Å². The molecule has 1 aromatic carbocycles. The monoisotopic (exact) mass is 341 g/mol. The summed E-state index contributed by atoms with van der Waals surface area (Å²) in [5.74, 6) is 1.51. The Morgan fingerprint density at radius 2 is 2.21 bits per heavy atom. The number of benzene rings is 1. The molecule has 4 rings (SSSR count). The lowest BCUT2D eigenvalue weighted by Crippen LogP contribution is -2.35. The largest absolute Gasteiger partial charge is 0.370 e. The summed E-state index contributed by atoms with van der Waals surface area (Å²) in [6, 6.07) is 8.03. The van der Waals surface area contributed by atoms with E-state index in [-0.39, 0.29) is 0 Å². The molecule has 124 valence electrons. The fourth-order valence-electron chi connectivity index (χ4n) is 3.61. The third-order valence-corrected chi connectivity index (χ3v) is 5.03. The summed E-state index contributed by atoms with van der Waals surface area (Å²) in [5.41, 5.74) is 2.17. The van der Waals surface area contributed by atoms with E-state index in [4.69, 9.17) is 11.6 Å². The van der Waals surface area contributed by atoms with Crippen molar-refractivity contribution in [2.24, 2.45) is 0 Å². The van der Waals surface area contributed by atoms with Crippen LogP contribution in [0.4, 0.5) is 5.69 Å². The number of piperidine rings is 1. The normalized spacial score (nSPS) is 18.2. The second-order valence-corrected chi connectivity index (χ2v) is 6.69. The average molecular weight is 342 g/mol. The molecule has 0 radical (unpaired) electrons. The van der Waals surface area contributed by atoms with Crippen molar-refractivity contribution in [3.05, 3.63) is 47.6 Å². The minimum absolute atomic E-state index is 0.414. The summed E-state index contributed by atoms with van der Waals surface area (Å²) in [6.45, 7) is 5.06. The van der Waals surface area contributed by atoms with Crippen LogP contribution in [-0.4, -0.2) is 32.8 Å². The number of rotatable bonds is 3. The molecular formula is C18H20ClN5. The Balaban J connectivity index is 1.67. The first-order valence-corrected chi connectivity index (χ1v) is 8.81. The van der Waals surface area contributed by atoms with Crippen molar-refractivity contribution in [1.82, 2.24) is 19.7 Å². The highest BCUT2D eigenvalue weighted by molar-refractivity contribution is 6.31. The molecule has 0 bridgehead atoms. The topological polar surface area (TPSA) is 46.8 Å². The molecular weight excluding hydrogens is 322 g/mol. The lowest BCUT2D eigenvalue weighted by atomic mass is 9.96. The molecule has 1 aliphatic heterocycles. The van der Waals surface area contributed by atoms with Gasteiger partial charge in [0.2, 0.25) is 0 Å².